The number of carbonyl (C=O) groups is 1. The lowest BCUT2D eigenvalue weighted by atomic mass is 10.1. The van der Waals surface area contributed by atoms with Gasteiger partial charge in [0.25, 0.3) is 11.6 Å². The number of nitrogens with two attached hydrogens (primary N) is 1. The van der Waals surface area contributed by atoms with Gasteiger partial charge >= 0.3 is 0 Å². The number of hydrogen-bond donors (Lipinski definition) is 2. The first-order valence-electron chi connectivity index (χ1n) is 6.71. The molecule has 1 aliphatic rings. The fourth-order valence-electron chi connectivity index (χ4n) is 2.16. The van der Waals surface area contributed by atoms with Gasteiger partial charge in [-0.3, -0.25) is 19.8 Å². The van der Waals surface area contributed by atoms with E-state index in [1.807, 2.05) is 11.8 Å². The smallest absolute Gasteiger partial charge is 0.292 e. The predicted octanol–water partition coefficient (Wildman–Crippen LogP) is 0.956. The van der Waals surface area contributed by atoms with Gasteiger partial charge in [-0.2, -0.15) is 11.8 Å². The van der Waals surface area contributed by atoms with Crippen LogP contribution in [0, 0.1) is 10.1 Å². The Bertz CT molecular complexity index is 532. The van der Waals surface area contributed by atoms with Crippen molar-refractivity contribution in [1.82, 2.24) is 10.2 Å². The second kappa shape index (κ2) is 7.28. The molecule has 7 nitrogen and oxygen atoms in total. The zero-order valence-corrected chi connectivity index (χ0v) is 12.4. The molecule has 0 bridgehead atoms. The van der Waals surface area contributed by atoms with Crippen LogP contribution in [0.3, 0.4) is 0 Å². The largest absolute Gasteiger partial charge is 0.393 e. The lowest BCUT2D eigenvalue weighted by Gasteiger charge is -2.26. The molecule has 0 aromatic heterocycles. The van der Waals surface area contributed by atoms with Crippen molar-refractivity contribution in [3.05, 3.63) is 33.9 Å². The summed E-state index contributed by atoms with van der Waals surface area (Å²) in [7, 11) is 0. The van der Waals surface area contributed by atoms with Gasteiger partial charge in [-0.25, -0.2) is 0 Å². The first-order valence-corrected chi connectivity index (χ1v) is 7.86. The molecule has 8 heteroatoms. The Morgan fingerprint density at radius 2 is 2.14 bits per heavy atom. The summed E-state index contributed by atoms with van der Waals surface area (Å²) in [5.74, 6) is 1.86. The second-order valence-electron chi connectivity index (χ2n) is 4.71. The average molecular weight is 310 g/mol. The van der Waals surface area contributed by atoms with E-state index >= 15 is 0 Å². The van der Waals surface area contributed by atoms with E-state index < -0.39 is 4.92 Å². The molecule has 21 heavy (non-hydrogen) atoms. The quantitative estimate of drug-likeness (QED) is 0.477. The molecule has 0 atom stereocenters. The van der Waals surface area contributed by atoms with Gasteiger partial charge in [0, 0.05) is 43.8 Å². The van der Waals surface area contributed by atoms with E-state index in [1.165, 1.54) is 18.2 Å². The first-order chi connectivity index (χ1) is 10.1. The summed E-state index contributed by atoms with van der Waals surface area (Å²) in [6.07, 6.45) is 0. The van der Waals surface area contributed by atoms with E-state index in [2.05, 4.69) is 10.2 Å². The minimum atomic E-state index is -0.586. The lowest BCUT2D eigenvalue weighted by Crippen LogP contribution is -2.39. The summed E-state index contributed by atoms with van der Waals surface area (Å²) >= 11 is 1.93. The maximum atomic E-state index is 12.0. The number of nitrogen functional groups attached to an aromatic ring is 1. The molecule has 1 amide bonds. The van der Waals surface area contributed by atoms with Crippen molar-refractivity contribution in [3.8, 4) is 0 Å². The number of nitro benzene ring substituents is 1. The van der Waals surface area contributed by atoms with Crippen molar-refractivity contribution in [2.24, 2.45) is 0 Å². The highest BCUT2D eigenvalue weighted by Crippen LogP contribution is 2.24. The van der Waals surface area contributed by atoms with E-state index in [0.29, 0.717) is 6.54 Å². The Balaban J connectivity index is 1.91. The van der Waals surface area contributed by atoms with Crippen molar-refractivity contribution < 1.29 is 9.72 Å². The third kappa shape index (κ3) is 4.08. The number of anilines is 1. The van der Waals surface area contributed by atoms with Gasteiger partial charge < -0.3 is 11.1 Å². The van der Waals surface area contributed by atoms with Crippen molar-refractivity contribution in [1.29, 1.82) is 0 Å². The van der Waals surface area contributed by atoms with Crippen LogP contribution in [0.25, 0.3) is 0 Å². The van der Waals surface area contributed by atoms with Crippen LogP contribution >= 0.6 is 11.8 Å². The second-order valence-corrected chi connectivity index (χ2v) is 5.93. The molecule has 1 aromatic carbocycles. The molecule has 114 valence electrons. The van der Waals surface area contributed by atoms with Crippen molar-refractivity contribution in [3.63, 3.8) is 0 Å². The Morgan fingerprint density at radius 1 is 1.43 bits per heavy atom. The number of amides is 1. The number of thioether (sulfide) groups is 1. The standard InChI is InChI=1S/C13H18N4O3S/c14-12-10(2-1-3-11(12)17(19)20)13(18)15-4-5-16-6-8-21-9-7-16/h1-3H,4-9,14H2,(H,15,18). The summed E-state index contributed by atoms with van der Waals surface area (Å²) in [6, 6.07) is 4.25. The van der Waals surface area contributed by atoms with Crippen LogP contribution in [0.2, 0.25) is 0 Å². The van der Waals surface area contributed by atoms with Crippen LogP contribution in [-0.4, -0.2) is 53.4 Å². The summed E-state index contributed by atoms with van der Waals surface area (Å²) < 4.78 is 0. The zero-order valence-electron chi connectivity index (χ0n) is 11.6. The van der Waals surface area contributed by atoms with E-state index in [4.69, 9.17) is 5.73 Å². The highest BCUT2D eigenvalue weighted by atomic mass is 32.2. The zero-order chi connectivity index (χ0) is 15.2. The van der Waals surface area contributed by atoms with Crippen LogP contribution in [0.5, 0.6) is 0 Å². The number of benzene rings is 1. The fourth-order valence-corrected chi connectivity index (χ4v) is 3.14. The molecule has 1 heterocycles. The molecular weight excluding hydrogens is 292 g/mol. The molecule has 1 aromatic rings. The maximum absolute atomic E-state index is 12.0. The molecule has 3 N–H and O–H groups in total. The van der Waals surface area contributed by atoms with Gasteiger partial charge in [0.1, 0.15) is 5.69 Å². The summed E-state index contributed by atoms with van der Waals surface area (Å²) in [4.78, 5) is 24.5. The van der Waals surface area contributed by atoms with Crippen LogP contribution in [-0.2, 0) is 0 Å². The molecule has 1 saturated heterocycles. The SMILES string of the molecule is Nc1c(C(=O)NCCN2CCSCC2)cccc1[N+](=O)[O-]. The van der Waals surface area contributed by atoms with Crippen LogP contribution in [0.1, 0.15) is 10.4 Å². The Kier molecular flexibility index (Phi) is 5.40. The number of para-hydroxylation sites is 1. The highest BCUT2D eigenvalue weighted by Gasteiger charge is 2.19. The third-order valence-electron chi connectivity index (χ3n) is 3.34. The molecule has 1 aliphatic heterocycles. The van der Waals surface area contributed by atoms with Gasteiger partial charge in [0.2, 0.25) is 0 Å². The third-order valence-corrected chi connectivity index (χ3v) is 4.28. The van der Waals surface area contributed by atoms with Gasteiger partial charge in [0.15, 0.2) is 0 Å². The van der Waals surface area contributed by atoms with E-state index in [-0.39, 0.29) is 22.8 Å². The van der Waals surface area contributed by atoms with Crippen LogP contribution in [0.4, 0.5) is 11.4 Å². The minimum Gasteiger partial charge on any atom is -0.393 e. The number of nitro groups is 1. The van der Waals surface area contributed by atoms with Crippen LogP contribution < -0.4 is 11.1 Å². The Labute approximate surface area is 127 Å². The average Bonchev–Trinajstić information content (AvgIpc) is 2.48. The Morgan fingerprint density at radius 3 is 2.81 bits per heavy atom. The number of nitrogens with zero attached hydrogens (tertiary/aromatic N) is 2. The van der Waals surface area contributed by atoms with Gasteiger partial charge in [-0.1, -0.05) is 6.07 Å². The van der Waals surface area contributed by atoms with Crippen LogP contribution in [0.15, 0.2) is 18.2 Å². The van der Waals surface area contributed by atoms with E-state index in [0.717, 1.165) is 31.1 Å². The van der Waals surface area contributed by atoms with Crippen molar-refractivity contribution in [2.45, 2.75) is 0 Å². The van der Waals surface area contributed by atoms with E-state index in [1.54, 1.807) is 0 Å². The maximum Gasteiger partial charge on any atom is 0.292 e. The molecule has 2 rings (SSSR count). The van der Waals surface area contributed by atoms with Gasteiger partial charge in [0.05, 0.1) is 10.5 Å². The topological polar surface area (TPSA) is 102 Å². The first kappa shape index (κ1) is 15.6. The number of rotatable bonds is 5. The lowest BCUT2D eigenvalue weighted by molar-refractivity contribution is -0.383. The van der Waals surface area contributed by atoms with Gasteiger partial charge in [-0.15, -0.1) is 0 Å². The molecule has 1 fully saturated rings. The minimum absolute atomic E-state index is 0.0885. The summed E-state index contributed by atoms with van der Waals surface area (Å²) in [5, 5.41) is 13.6. The highest BCUT2D eigenvalue weighted by molar-refractivity contribution is 7.99. The van der Waals surface area contributed by atoms with Crippen molar-refractivity contribution in [2.75, 3.05) is 43.4 Å². The molecule has 0 unspecified atom stereocenters. The predicted molar refractivity (Wildman–Crippen MR) is 83.6 cm³/mol. The molecule has 0 saturated carbocycles. The fraction of sp³-hybridized carbons (Fsp3) is 0.462. The van der Waals surface area contributed by atoms with Gasteiger partial charge in [-0.05, 0) is 6.07 Å². The van der Waals surface area contributed by atoms with Crippen molar-refractivity contribution >= 4 is 29.0 Å². The number of carbonyl (C=O) groups excluding carboxylic acids is 1. The number of hydrogen-bond acceptors (Lipinski definition) is 6. The normalized spacial score (nSPS) is 15.6. The van der Waals surface area contributed by atoms with E-state index in [9.17, 15) is 14.9 Å². The molecule has 0 radical (unpaired) electrons. The number of nitrogens with one attached hydrogen (secondary N) is 1. The summed E-state index contributed by atoms with van der Waals surface area (Å²) in [5.41, 5.74) is 5.51. The monoisotopic (exact) mass is 310 g/mol. The molecular formula is C13H18N4O3S. The molecule has 0 aliphatic carbocycles. The summed E-state index contributed by atoms with van der Waals surface area (Å²) in [6.45, 7) is 3.34. The Hall–Kier alpha value is -1.80. The molecule has 0 spiro atoms.